The first-order chi connectivity index (χ1) is 15.5. The van der Waals surface area contributed by atoms with Crippen LogP contribution in [0.2, 0.25) is 0 Å². The molecule has 1 N–H and O–H groups in total. The van der Waals surface area contributed by atoms with Crippen LogP contribution in [0.25, 0.3) is 22.1 Å². The van der Waals surface area contributed by atoms with Crippen molar-refractivity contribution in [3.8, 4) is 34.1 Å². The third kappa shape index (κ3) is 4.13. The van der Waals surface area contributed by atoms with Crippen molar-refractivity contribution >= 4 is 16.8 Å². The van der Waals surface area contributed by atoms with Gasteiger partial charge < -0.3 is 23.7 Å². The largest absolute Gasteiger partial charge is 0.507 e. The molecule has 0 unspecified atom stereocenters. The summed E-state index contributed by atoms with van der Waals surface area (Å²) in [5, 5.41) is 10.5. The summed E-state index contributed by atoms with van der Waals surface area (Å²) in [4.78, 5) is 25.3. The zero-order valence-electron chi connectivity index (χ0n) is 17.5. The molecule has 4 rings (SSSR count). The van der Waals surface area contributed by atoms with E-state index < -0.39 is 0 Å². The lowest BCUT2D eigenvalue weighted by Crippen LogP contribution is -2.12. The predicted octanol–water partition coefficient (Wildman–Crippen LogP) is 4.44. The van der Waals surface area contributed by atoms with Crippen LogP contribution in [0.3, 0.4) is 0 Å². The van der Waals surface area contributed by atoms with Crippen LogP contribution in [0.1, 0.15) is 10.4 Å². The first kappa shape index (κ1) is 21.0. The van der Waals surface area contributed by atoms with Crippen molar-refractivity contribution in [1.82, 2.24) is 0 Å². The van der Waals surface area contributed by atoms with Gasteiger partial charge in [0.15, 0.2) is 12.4 Å². The molecule has 0 amide bonds. The van der Waals surface area contributed by atoms with Crippen LogP contribution in [-0.2, 0) is 0 Å². The highest BCUT2D eigenvalue weighted by atomic mass is 16.5. The van der Waals surface area contributed by atoms with Crippen LogP contribution in [0.15, 0.2) is 76.1 Å². The van der Waals surface area contributed by atoms with Gasteiger partial charge in [0.25, 0.3) is 0 Å². The van der Waals surface area contributed by atoms with Crippen LogP contribution in [-0.4, -0.2) is 31.7 Å². The fourth-order valence-electron chi connectivity index (χ4n) is 3.27. The van der Waals surface area contributed by atoms with Gasteiger partial charge in [-0.1, -0.05) is 12.1 Å². The Morgan fingerprint density at radius 2 is 1.53 bits per heavy atom. The molecule has 0 saturated carbocycles. The number of hydrogen-bond donors (Lipinski definition) is 1. The fourth-order valence-corrected chi connectivity index (χ4v) is 3.27. The minimum atomic E-state index is -0.380. The Morgan fingerprint density at radius 3 is 2.16 bits per heavy atom. The lowest BCUT2D eigenvalue weighted by atomic mass is 10.0. The normalized spacial score (nSPS) is 10.7. The molecule has 4 aromatic rings. The predicted molar refractivity (Wildman–Crippen MR) is 119 cm³/mol. The molecule has 7 heteroatoms. The van der Waals surface area contributed by atoms with E-state index in [1.165, 1.54) is 18.4 Å². The van der Waals surface area contributed by atoms with Gasteiger partial charge in [-0.15, -0.1) is 0 Å². The van der Waals surface area contributed by atoms with Crippen molar-refractivity contribution in [3.63, 3.8) is 0 Å². The lowest BCUT2D eigenvalue weighted by molar-refractivity contribution is 0.0921. The molecule has 3 aromatic carbocycles. The maximum Gasteiger partial charge on any atom is 0.204 e. The van der Waals surface area contributed by atoms with Gasteiger partial charge in [-0.3, -0.25) is 9.59 Å². The van der Waals surface area contributed by atoms with Crippen molar-refractivity contribution in [3.05, 3.63) is 82.7 Å². The fraction of sp³-hybridized carbons (Fsp3) is 0.120. The maximum absolute atomic E-state index is 13.0. The van der Waals surface area contributed by atoms with Gasteiger partial charge in [-0.05, 0) is 42.0 Å². The van der Waals surface area contributed by atoms with Crippen LogP contribution in [0, 0.1) is 0 Å². The zero-order chi connectivity index (χ0) is 22.7. The number of fused-ring (bicyclic) bond motifs is 1. The second-order valence-electron chi connectivity index (χ2n) is 6.96. The van der Waals surface area contributed by atoms with E-state index in [-0.39, 0.29) is 40.3 Å². The van der Waals surface area contributed by atoms with E-state index in [2.05, 4.69) is 0 Å². The Morgan fingerprint density at radius 1 is 0.906 bits per heavy atom. The summed E-state index contributed by atoms with van der Waals surface area (Å²) in [6.45, 7) is -0.245. The number of methoxy groups -OCH3 is 2. The third-order valence-corrected chi connectivity index (χ3v) is 5.01. The third-order valence-electron chi connectivity index (χ3n) is 5.01. The van der Waals surface area contributed by atoms with E-state index in [1.54, 1.807) is 62.8 Å². The SMILES string of the molecule is COc1ccc(C(=O)COc2cc(O)c3c(=O)c(-c4ccc(OC)cc4)coc3c2)cc1. The van der Waals surface area contributed by atoms with Gasteiger partial charge in [-0.25, -0.2) is 0 Å². The minimum Gasteiger partial charge on any atom is -0.507 e. The topological polar surface area (TPSA) is 95.2 Å². The average molecular weight is 432 g/mol. The number of ketones is 1. The molecule has 0 fully saturated rings. The van der Waals surface area contributed by atoms with Crippen molar-refractivity contribution in [2.24, 2.45) is 0 Å². The molecule has 0 aliphatic heterocycles. The van der Waals surface area contributed by atoms with Crippen molar-refractivity contribution in [2.75, 3.05) is 20.8 Å². The molecule has 0 aliphatic rings. The highest BCUT2D eigenvalue weighted by Crippen LogP contribution is 2.31. The second kappa shape index (κ2) is 8.85. The Balaban J connectivity index is 1.58. The molecule has 0 bridgehead atoms. The number of benzene rings is 3. The molecule has 32 heavy (non-hydrogen) atoms. The van der Waals surface area contributed by atoms with Gasteiger partial charge in [0.2, 0.25) is 5.43 Å². The van der Waals surface area contributed by atoms with Gasteiger partial charge in [-0.2, -0.15) is 0 Å². The van der Waals surface area contributed by atoms with E-state index in [9.17, 15) is 14.7 Å². The van der Waals surface area contributed by atoms with Crippen LogP contribution >= 0.6 is 0 Å². The second-order valence-corrected chi connectivity index (χ2v) is 6.96. The van der Waals surface area contributed by atoms with Crippen molar-refractivity contribution in [2.45, 2.75) is 0 Å². The molecule has 0 saturated heterocycles. The summed E-state index contributed by atoms with van der Waals surface area (Å²) in [6.07, 6.45) is 1.33. The molecule has 1 aromatic heterocycles. The smallest absolute Gasteiger partial charge is 0.204 e. The van der Waals surface area contributed by atoms with E-state index in [0.717, 1.165) is 0 Å². The van der Waals surface area contributed by atoms with Crippen molar-refractivity contribution < 1.29 is 28.5 Å². The number of aromatic hydroxyl groups is 1. The number of hydrogen-bond acceptors (Lipinski definition) is 7. The van der Waals surface area contributed by atoms with E-state index >= 15 is 0 Å². The molecular formula is C25H20O7. The van der Waals surface area contributed by atoms with E-state index in [4.69, 9.17) is 18.6 Å². The standard InChI is InChI=1S/C25H20O7/c1-29-17-7-3-15(4-8-17)20-13-32-23-12-19(11-21(26)24(23)25(20)28)31-14-22(27)16-5-9-18(30-2)10-6-16/h3-13,26H,14H2,1-2H3. The van der Waals surface area contributed by atoms with Crippen LogP contribution < -0.4 is 19.6 Å². The lowest BCUT2D eigenvalue weighted by Gasteiger charge is -2.09. The number of phenolic OH excluding ortho intramolecular Hbond substituents is 1. The highest BCUT2D eigenvalue weighted by Gasteiger charge is 2.15. The molecular weight excluding hydrogens is 412 g/mol. The summed E-state index contributed by atoms with van der Waals surface area (Å²) < 4.78 is 21.3. The Labute approximate surface area is 183 Å². The quantitative estimate of drug-likeness (QED) is 0.431. The first-order valence-corrected chi connectivity index (χ1v) is 9.73. The first-order valence-electron chi connectivity index (χ1n) is 9.73. The maximum atomic E-state index is 13.0. The summed E-state index contributed by atoms with van der Waals surface area (Å²) in [7, 11) is 3.10. The number of carbonyl (C=O) groups excluding carboxylic acids is 1. The zero-order valence-corrected chi connectivity index (χ0v) is 17.5. The van der Waals surface area contributed by atoms with Crippen LogP contribution in [0.4, 0.5) is 0 Å². The highest BCUT2D eigenvalue weighted by molar-refractivity contribution is 5.97. The number of phenols is 1. The number of carbonyl (C=O) groups is 1. The number of rotatable bonds is 7. The summed E-state index contributed by atoms with van der Waals surface area (Å²) in [5.41, 5.74) is 1.17. The summed E-state index contributed by atoms with van der Waals surface area (Å²) in [5.74, 6) is 0.970. The Bertz CT molecular complexity index is 1320. The molecule has 7 nitrogen and oxygen atoms in total. The van der Waals surface area contributed by atoms with Gasteiger partial charge in [0.05, 0.1) is 19.8 Å². The van der Waals surface area contributed by atoms with Gasteiger partial charge >= 0.3 is 0 Å². The molecule has 0 radical (unpaired) electrons. The monoisotopic (exact) mass is 432 g/mol. The number of ether oxygens (including phenoxy) is 3. The van der Waals surface area contributed by atoms with E-state index in [1.807, 2.05) is 0 Å². The molecule has 0 spiro atoms. The van der Waals surface area contributed by atoms with Crippen molar-refractivity contribution in [1.29, 1.82) is 0 Å². The summed E-state index contributed by atoms with van der Waals surface area (Å²) >= 11 is 0. The number of Topliss-reactive ketones (excluding diaryl/α,β-unsaturated/α-hetero) is 1. The molecule has 1 heterocycles. The minimum absolute atomic E-state index is 0.0344. The molecule has 162 valence electrons. The molecule has 0 atom stereocenters. The molecule has 0 aliphatic carbocycles. The van der Waals surface area contributed by atoms with Gasteiger partial charge in [0.1, 0.15) is 40.2 Å². The van der Waals surface area contributed by atoms with E-state index in [0.29, 0.717) is 28.2 Å². The Kier molecular flexibility index (Phi) is 5.81. The van der Waals surface area contributed by atoms with Gasteiger partial charge in [0, 0.05) is 17.7 Å². The average Bonchev–Trinajstić information content (AvgIpc) is 2.82. The Hall–Kier alpha value is -4.26. The summed E-state index contributed by atoms with van der Waals surface area (Å²) in [6, 6.07) is 16.3. The van der Waals surface area contributed by atoms with Crippen LogP contribution in [0.5, 0.6) is 23.0 Å².